The van der Waals surface area contributed by atoms with E-state index in [0.29, 0.717) is 12.3 Å². The van der Waals surface area contributed by atoms with E-state index in [0.717, 1.165) is 32.5 Å². The molecule has 4 heteroatoms. The molecule has 0 aliphatic carbocycles. The Balaban J connectivity index is 1.95. The second kappa shape index (κ2) is 3.29. The van der Waals surface area contributed by atoms with Gasteiger partial charge < -0.3 is 4.90 Å². The smallest absolute Gasteiger partial charge is 0.229 e. The van der Waals surface area contributed by atoms with Gasteiger partial charge in [0.1, 0.15) is 0 Å². The van der Waals surface area contributed by atoms with Crippen LogP contribution in [0.2, 0.25) is 0 Å². The molecule has 3 aliphatic heterocycles. The zero-order valence-electron chi connectivity index (χ0n) is 9.66. The van der Waals surface area contributed by atoms with Crippen molar-refractivity contribution in [1.82, 2.24) is 10.2 Å². The Hall–Kier alpha value is -0.900. The first-order valence-corrected chi connectivity index (χ1v) is 6.18. The van der Waals surface area contributed by atoms with Gasteiger partial charge >= 0.3 is 0 Å². The molecule has 3 aliphatic rings. The number of piperidine rings is 2. The molecule has 0 aromatic heterocycles. The van der Waals surface area contributed by atoms with Gasteiger partial charge in [0, 0.05) is 18.9 Å². The average Bonchev–Trinajstić information content (AvgIpc) is 2.65. The number of hydrogen-bond acceptors (Lipinski definition) is 3. The number of fused-ring (bicyclic) bond motifs is 3. The quantitative estimate of drug-likeness (QED) is 0.603. The predicted molar refractivity (Wildman–Crippen MR) is 58.5 cm³/mol. The first kappa shape index (κ1) is 10.3. The van der Waals surface area contributed by atoms with Gasteiger partial charge in [-0.15, -0.1) is 0 Å². The molecule has 0 radical (unpaired) electrons. The van der Waals surface area contributed by atoms with Crippen LogP contribution in [0.4, 0.5) is 0 Å². The van der Waals surface area contributed by atoms with Crippen LogP contribution in [-0.2, 0) is 9.59 Å². The summed E-state index contributed by atoms with van der Waals surface area (Å²) in [5.41, 5.74) is -0.0353. The molecule has 3 rings (SSSR count). The minimum Gasteiger partial charge on any atom is -0.303 e. The first-order valence-electron chi connectivity index (χ1n) is 6.18. The van der Waals surface area contributed by atoms with Crippen LogP contribution >= 0.6 is 0 Å². The van der Waals surface area contributed by atoms with Crippen molar-refractivity contribution in [3.63, 3.8) is 0 Å². The van der Waals surface area contributed by atoms with E-state index in [1.807, 2.05) is 6.92 Å². The molecule has 4 atom stereocenters. The van der Waals surface area contributed by atoms with Gasteiger partial charge in [0.2, 0.25) is 11.8 Å². The maximum Gasteiger partial charge on any atom is 0.229 e. The minimum absolute atomic E-state index is 0.00421. The van der Waals surface area contributed by atoms with E-state index in [9.17, 15) is 9.59 Å². The van der Waals surface area contributed by atoms with Crippen molar-refractivity contribution in [3.8, 4) is 0 Å². The van der Waals surface area contributed by atoms with Crippen molar-refractivity contribution in [1.29, 1.82) is 0 Å². The number of hydrogen-bond donors (Lipinski definition) is 1. The van der Waals surface area contributed by atoms with Crippen LogP contribution in [0.15, 0.2) is 0 Å². The minimum atomic E-state index is -0.0663. The van der Waals surface area contributed by atoms with E-state index < -0.39 is 0 Å². The zero-order chi connectivity index (χ0) is 11.3. The molecule has 0 aromatic carbocycles. The molecule has 0 aromatic rings. The van der Waals surface area contributed by atoms with Gasteiger partial charge in [-0.05, 0) is 37.3 Å². The van der Waals surface area contributed by atoms with Crippen LogP contribution in [0.5, 0.6) is 0 Å². The van der Waals surface area contributed by atoms with E-state index >= 15 is 0 Å². The van der Waals surface area contributed by atoms with Gasteiger partial charge in [-0.25, -0.2) is 0 Å². The SMILES string of the molecule is CC1C(=O)NC(=O)CC12CCN1CCC2C1. The fourth-order valence-electron chi connectivity index (χ4n) is 3.88. The van der Waals surface area contributed by atoms with Gasteiger partial charge in [-0.3, -0.25) is 14.9 Å². The summed E-state index contributed by atoms with van der Waals surface area (Å²) in [7, 11) is 0. The molecule has 0 saturated carbocycles. The van der Waals surface area contributed by atoms with Crippen molar-refractivity contribution in [2.75, 3.05) is 19.6 Å². The fraction of sp³-hybridized carbons (Fsp3) is 0.833. The highest BCUT2D eigenvalue weighted by Crippen LogP contribution is 2.51. The van der Waals surface area contributed by atoms with Crippen LogP contribution < -0.4 is 5.32 Å². The maximum atomic E-state index is 11.8. The standard InChI is InChI=1S/C12H18N2O2/c1-8-11(16)13-10(15)6-12(8)3-5-14-4-2-9(12)7-14/h8-9H,2-7H2,1H3,(H,13,15,16). The van der Waals surface area contributed by atoms with E-state index in [1.54, 1.807) is 0 Å². The summed E-state index contributed by atoms with van der Waals surface area (Å²) in [5.74, 6) is 0.418. The molecular formula is C12H18N2O2. The second-order valence-electron chi connectivity index (χ2n) is 5.58. The largest absolute Gasteiger partial charge is 0.303 e. The van der Waals surface area contributed by atoms with E-state index in [1.165, 1.54) is 0 Å². The molecule has 4 nitrogen and oxygen atoms in total. The van der Waals surface area contributed by atoms with Crippen molar-refractivity contribution in [3.05, 3.63) is 0 Å². The Labute approximate surface area is 95.4 Å². The molecule has 3 heterocycles. The lowest BCUT2D eigenvalue weighted by Crippen LogP contribution is -2.56. The molecule has 16 heavy (non-hydrogen) atoms. The maximum absolute atomic E-state index is 11.8. The molecule has 88 valence electrons. The predicted octanol–water partition coefficient (Wildman–Crippen LogP) is 0.381. The Morgan fingerprint density at radius 3 is 3.00 bits per heavy atom. The highest BCUT2D eigenvalue weighted by Gasteiger charge is 2.54. The fourth-order valence-corrected chi connectivity index (χ4v) is 3.88. The topological polar surface area (TPSA) is 49.4 Å². The molecule has 2 bridgehead atoms. The molecule has 2 amide bonds. The molecule has 1 spiro atoms. The number of carbonyl (C=O) groups is 2. The van der Waals surface area contributed by atoms with Crippen molar-refractivity contribution in [2.24, 2.45) is 17.3 Å². The molecule has 1 N–H and O–H groups in total. The van der Waals surface area contributed by atoms with Gasteiger partial charge in [-0.1, -0.05) is 6.92 Å². The third kappa shape index (κ3) is 1.25. The lowest BCUT2D eigenvalue weighted by atomic mass is 9.60. The van der Waals surface area contributed by atoms with E-state index in [-0.39, 0.29) is 23.1 Å². The Kier molecular flexibility index (Phi) is 2.11. The number of amides is 2. The first-order chi connectivity index (χ1) is 7.62. The second-order valence-corrected chi connectivity index (χ2v) is 5.58. The summed E-state index contributed by atoms with van der Waals surface area (Å²) >= 11 is 0. The lowest BCUT2D eigenvalue weighted by Gasteiger charge is -2.48. The van der Waals surface area contributed by atoms with Crippen molar-refractivity contribution in [2.45, 2.75) is 26.2 Å². The van der Waals surface area contributed by atoms with Gasteiger partial charge in [0.15, 0.2) is 0 Å². The number of rotatable bonds is 0. The van der Waals surface area contributed by atoms with Gasteiger partial charge in [-0.2, -0.15) is 0 Å². The highest BCUT2D eigenvalue weighted by molar-refractivity contribution is 5.99. The third-order valence-corrected chi connectivity index (χ3v) is 4.99. The molecular weight excluding hydrogens is 204 g/mol. The number of nitrogens with zero attached hydrogens (tertiary/aromatic N) is 1. The summed E-state index contributed by atoms with van der Waals surface area (Å²) in [6.45, 7) is 5.29. The Morgan fingerprint density at radius 2 is 2.19 bits per heavy atom. The van der Waals surface area contributed by atoms with E-state index in [4.69, 9.17) is 0 Å². The monoisotopic (exact) mass is 222 g/mol. The highest BCUT2D eigenvalue weighted by atomic mass is 16.2. The lowest BCUT2D eigenvalue weighted by molar-refractivity contribution is -0.147. The van der Waals surface area contributed by atoms with E-state index in [2.05, 4.69) is 10.2 Å². The normalized spacial score (nSPS) is 47.2. The van der Waals surface area contributed by atoms with Crippen LogP contribution in [0.3, 0.4) is 0 Å². The number of carbonyl (C=O) groups excluding carboxylic acids is 2. The van der Waals surface area contributed by atoms with Crippen LogP contribution in [0.25, 0.3) is 0 Å². The molecule has 4 unspecified atom stereocenters. The van der Waals surface area contributed by atoms with Crippen LogP contribution in [0, 0.1) is 17.3 Å². The summed E-state index contributed by atoms with van der Waals surface area (Å²) < 4.78 is 0. The summed E-state index contributed by atoms with van der Waals surface area (Å²) in [4.78, 5) is 25.9. The summed E-state index contributed by atoms with van der Waals surface area (Å²) in [5, 5.41) is 2.47. The Morgan fingerprint density at radius 1 is 1.38 bits per heavy atom. The zero-order valence-corrected chi connectivity index (χ0v) is 9.66. The van der Waals surface area contributed by atoms with Crippen LogP contribution in [0.1, 0.15) is 26.2 Å². The number of imide groups is 1. The van der Waals surface area contributed by atoms with Gasteiger partial charge in [0.25, 0.3) is 0 Å². The van der Waals surface area contributed by atoms with Crippen molar-refractivity contribution < 1.29 is 9.59 Å². The summed E-state index contributed by atoms with van der Waals surface area (Å²) in [6, 6.07) is 0. The molecule has 3 saturated heterocycles. The molecule has 3 fully saturated rings. The third-order valence-electron chi connectivity index (χ3n) is 4.99. The van der Waals surface area contributed by atoms with Gasteiger partial charge in [0.05, 0.1) is 0 Å². The summed E-state index contributed by atoms with van der Waals surface area (Å²) in [6.07, 6.45) is 2.72. The number of nitrogens with one attached hydrogen (secondary N) is 1. The average molecular weight is 222 g/mol. The van der Waals surface area contributed by atoms with Crippen molar-refractivity contribution >= 4 is 11.8 Å². The van der Waals surface area contributed by atoms with Crippen LogP contribution in [-0.4, -0.2) is 36.3 Å². The Bertz CT molecular complexity index is 355.